The van der Waals surface area contributed by atoms with E-state index in [2.05, 4.69) is 45.6 Å². The van der Waals surface area contributed by atoms with Crippen molar-refractivity contribution in [3.8, 4) is 5.75 Å². The molecule has 0 bridgehead atoms. The van der Waals surface area contributed by atoms with Crippen molar-refractivity contribution in [1.29, 1.82) is 0 Å². The second-order valence-electron chi connectivity index (χ2n) is 4.59. The molecule has 100 valence electrons. The monoisotopic (exact) mass is 338 g/mol. The van der Waals surface area contributed by atoms with Gasteiger partial charge >= 0.3 is 0 Å². The second-order valence-corrected chi connectivity index (χ2v) is 7.14. The molecular weight excluding hydrogens is 324 g/mol. The summed E-state index contributed by atoms with van der Waals surface area (Å²) in [5.74, 6) is 6.73. The van der Waals surface area contributed by atoms with E-state index in [9.17, 15) is 0 Å². The normalized spacial score (nSPS) is 15.1. The number of nitrogens with one attached hydrogen (secondary N) is 1. The summed E-state index contributed by atoms with van der Waals surface area (Å²) in [4.78, 5) is 1.31. The van der Waals surface area contributed by atoms with Gasteiger partial charge in [0.1, 0.15) is 5.75 Å². The number of ether oxygens (including phenoxy) is 1. The molecule has 3 nitrogen and oxygen atoms in total. The minimum atomic E-state index is 0.136. The SMILES string of the molecule is NNC(Cc1ccc(Br)s1)c1ccc2c(c1)CCO2. The van der Waals surface area contributed by atoms with E-state index in [1.807, 2.05) is 6.07 Å². The first kappa shape index (κ1) is 13.1. The Morgan fingerprint density at radius 3 is 3.00 bits per heavy atom. The predicted molar refractivity (Wildman–Crippen MR) is 81.4 cm³/mol. The Kier molecular flexibility index (Phi) is 3.88. The van der Waals surface area contributed by atoms with Crippen molar-refractivity contribution in [2.24, 2.45) is 5.84 Å². The Balaban J connectivity index is 1.82. The Bertz CT molecular complexity index is 585. The van der Waals surface area contributed by atoms with Crippen molar-refractivity contribution in [2.45, 2.75) is 18.9 Å². The lowest BCUT2D eigenvalue weighted by molar-refractivity contribution is 0.356. The van der Waals surface area contributed by atoms with Crippen LogP contribution in [0.4, 0.5) is 0 Å². The van der Waals surface area contributed by atoms with Crippen LogP contribution in [0.2, 0.25) is 0 Å². The van der Waals surface area contributed by atoms with Gasteiger partial charge < -0.3 is 4.74 Å². The van der Waals surface area contributed by atoms with Crippen LogP contribution in [-0.2, 0) is 12.8 Å². The molecule has 5 heteroatoms. The highest BCUT2D eigenvalue weighted by Crippen LogP contribution is 2.31. The molecule has 3 rings (SSSR count). The Morgan fingerprint density at radius 2 is 2.26 bits per heavy atom. The third-order valence-electron chi connectivity index (χ3n) is 3.35. The number of rotatable bonds is 4. The van der Waals surface area contributed by atoms with Crippen LogP contribution >= 0.6 is 27.3 Å². The third kappa shape index (κ3) is 2.84. The van der Waals surface area contributed by atoms with Crippen molar-refractivity contribution < 1.29 is 4.74 Å². The number of hydrazine groups is 1. The fraction of sp³-hybridized carbons (Fsp3) is 0.286. The molecule has 0 spiro atoms. The zero-order valence-electron chi connectivity index (χ0n) is 10.4. The third-order valence-corrected chi connectivity index (χ3v) is 5.00. The number of hydrogen-bond acceptors (Lipinski definition) is 4. The maximum Gasteiger partial charge on any atom is 0.122 e. The van der Waals surface area contributed by atoms with Crippen LogP contribution in [0.25, 0.3) is 0 Å². The number of nitrogens with two attached hydrogens (primary N) is 1. The first-order chi connectivity index (χ1) is 9.26. The molecule has 2 aromatic rings. The molecule has 1 aliphatic heterocycles. The summed E-state index contributed by atoms with van der Waals surface area (Å²) in [5, 5.41) is 0. The minimum Gasteiger partial charge on any atom is -0.493 e. The van der Waals surface area contributed by atoms with E-state index >= 15 is 0 Å². The lowest BCUT2D eigenvalue weighted by atomic mass is 10.00. The van der Waals surface area contributed by atoms with Crippen LogP contribution in [-0.4, -0.2) is 6.61 Å². The molecule has 0 saturated carbocycles. The van der Waals surface area contributed by atoms with E-state index in [-0.39, 0.29) is 6.04 Å². The van der Waals surface area contributed by atoms with Gasteiger partial charge in [0.25, 0.3) is 0 Å². The number of hydrogen-bond donors (Lipinski definition) is 2. The number of fused-ring (bicyclic) bond motifs is 1. The van der Waals surface area contributed by atoms with E-state index in [4.69, 9.17) is 10.6 Å². The highest BCUT2D eigenvalue weighted by atomic mass is 79.9. The van der Waals surface area contributed by atoms with Crippen LogP contribution in [0.3, 0.4) is 0 Å². The van der Waals surface area contributed by atoms with Gasteiger partial charge in [-0.15, -0.1) is 11.3 Å². The topological polar surface area (TPSA) is 47.3 Å². The smallest absolute Gasteiger partial charge is 0.122 e. The summed E-state index contributed by atoms with van der Waals surface area (Å²) in [5.41, 5.74) is 5.42. The van der Waals surface area contributed by atoms with E-state index in [0.717, 1.165) is 29.0 Å². The zero-order valence-corrected chi connectivity index (χ0v) is 12.8. The Hall–Kier alpha value is -0.880. The number of benzene rings is 1. The molecule has 1 unspecified atom stereocenters. The van der Waals surface area contributed by atoms with Crippen LogP contribution in [0.15, 0.2) is 34.1 Å². The zero-order chi connectivity index (χ0) is 13.2. The summed E-state index contributed by atoms with van der Waals surface area (Å²) in [6.07, 6.45) is 1.89. The van der Waals surface area contributed by atoms with Gasteiger partial charge in [0.15, 0.2) is 0 Å². The molecule has 0 fully saturated rings. The lowest BCUT2D eigenvalue weighted by Crippen LogP contribution is -2.29. The molecule has 0 aliphatic carbocycles. The van der Waals surface area contributed by atoms with Gasteiger partial charge in [0, 0.05) is 17.7 Å². The van der Waals surface area contributed by atoms with Crippen molar-refractivity contribution in [3.05, 3.63) is 50.1 Å². The van der Waals surface area contributed by atoms with Gasteiger partial charge in [-0.1, -0.05) is 12.1 Å². The van der Waals surface area contributed by atoms with Crippen LogP contribution in [0.5, 0.6) is 5.75 Å². The molecule has 19 heavy (non-hydrogen) atoms. The van der Waals surface area contributed by atoms with Crippen molar-refractivity contribution in [3.63, 3.8) is 0 Å². The lowest BCUT2D eigenvalue weighted by Gasteiger charge is -2.16. The van der Waals surface area contributed by atoms with Crippen molar-refractivity contribution >= 4 is 27.3 Å². The summed E-state index contributed by atoms with van der Waals surface area (Å²) < 4.78 is 6.69. The molecule has 1 aromatic heterocycles. The molecule has 0 amide bonds. The Morgan fingerprint density at radius 1 is 1.37 bits per heavy atom. The molecule has 3 N–H and O–H groups in total. The van der Waals surface area contributed by atoms with Gasteiger partial charge in [-0.2, -0.15) is 0 Å². The van der Waals surface area contributed by atoms with Gasteiger partial charge in [-0.25, -0.2) is 0 Å². The van der Waals surface area contributed by atoms with Crippen LogP contribution in [0.1, 0.15) is 22.0 Å². The van der Waals surface area contributed by atoms with Gasteiger partial charge in [0.2, 0.25) is 0 Å². The molecule has 0 saturated heterocycles. The van der Waals surface area contributed by atoms with Gasteiger partial charge in [-0.3, -0.25) is 11.3 Å². The average Bonchev–Trinajstić information content (AvgIpc) is 3.03. The van der Waals surface area contributed by atoms with Crippen molar-refractivity contribution in [2.75, 3.05) is 6.61 Å². The van der Waals surface area contributed by atoms with E-state index in [1.165, 1.54) is 16.0 Å². The summed E-state index contributed by atoms with van der Waals surface area (Å²) in [7, 11) is 0. The van der Waals surface area contributed by atoms with Gasteiger partial charge in [0.05, 0.1) is 16.4 Å². The maximum absolute atomic E-state index is 5.72. The second kappa shape index (κ2) is 5.63. The minimum absolute atomic E-state index is 0.136. The summed E-state index contributed by atoms with van der Waals surface area (Å²) >= 11 is 5.24. The van der Waals surface area contributed by atoms with Crippen molar-refractivity contribution in [1.82, 2.24) is 5.43 Å². The first-order valence-electron chi connectivity index (χ1n) is 6.22. The largest absolute Gasteiger partial charge is 0.493 e. The van der Waals surface area contributed by atoms with Gasteiger partial charge in [-0.05, 0) is 45.3 Å². The number of halogens is 1. The van der Waals surface area contributed by atoms with E-state index in [1.54, 1.807) is 11.3 Å². The molecule has 1 aliphatic rings. The highest BCUT2D eigenvalue weighted by Gasteiger charge is 2.17. The maximum atomic E-state index is 5.72. The average molecular weight is 339 g/mol. The number of thiophene rings is 1. The van der Waals surface area contributed by atoms with E-state index < -0.39 is 0 Å². The molecule has 1 aromatic carbocycles. The van der Waals surface area contributed by atoms with Crippen LogP contribution < -0.4 is 16.0 Å². The predicted octanol–water partition coefficient (Wildman–Crippen LogP) is 3.19. The molecule has 2 heterocycles. The van der Waals surface area contributed by atoms with E-state index in [0.29, 0.717) is 0 Å². The summed E-state index contributed by atoms with van der Waals surface area (Å²) in [6.45, 7) is 0.789. The molecule has 1 atom stereocenters. The highest BCUT2D eigenvalue weighted by molar-refractivity contribution is 9.11. The fourth-order valence-electron chi connectivity index (χ4n) is 2.36. The standard InChI is InChI=1S/C14H15BrN2OS/c15-14-4-2-11(19-14)8-12(17-16)9-1-3-13-10(7-9)5-6-18-13/h1-4,7,12,17H,5-6,8,16H2. The summed E-state index contributed by atoms with van der Waals surface area (Å²) in [6, 6.07) is 10.7. The Labute approximate surface area is 124 Å². The van der Waals surface area contributed by atoms with Crippen LogP contribution in [0, 0.1) is 0 Å². The molecule has 0 radical (unpaired) electrons. The first-order valence-corrected chi connectivity index (χ1v) is 7.83. The molecular formula is C14H15BrN2OS. The quantitative estimate of drug-likeness (QED) is 0.664. The fourth-order valence-corrected chi connectivity index (χ4v) is 3.89.